The summed E-state index contributed by atoms with van der Waals surface area (Å²) in [6.45, 7) is 4.17. The summed E-state index contributed by atoms with van der Waals surface area (Å²) in [5.74, 6) is 0. The Morgan fingerprint density at radius 3 is 2.82 bits per heavy atom. The lowest BCUT2D eigenvalue weighted by molar-refractivity contribution is 1.29. The van der Waals surface area contributed by atoms with Crippen molar-refractivity contribution < 1.29 is 0 Å². The van der Waals surface area contributed by atoms with E-state index in [2.05, 4.69) is 42.0 Å². The highest BCUT2D eigenvalue weighted by Gasteiger charge is 2.12. The number of nitrogens with zero attached hydrogens (tertiary/aromatic N) is 1. The number of H-pyrrole nitrogens is 1. The SMILES string of the molecule is Cc1ccc2[nH]c(C)c(-c3csc(N)n3)c2c1. The molecule has 0 atom stereocenters. The molecule has 3 nitrogen and oxygen atoms in total. The molecule has 0 amide bonds. The number of aryl methyl sites for hydroxylation is 2. The molecular weight excluding hydrogens is 230 g/mol. The van der Waals surface area contributed by atoms with Gasteiger partial charge < -0.3 is 10.7 Å². The number of nitrogens with one attached hydrogen (secondary N) is 1. The second-order valence-electron chi connectivity index (χ2n) is 4.25. The molecule has 17 heavy (non-hydrogen) atoms. The average Bonchev–Trinajstić information content (AvgIpc) is 2.81. The summed E-state index contributed by atoms with van der Waals surface area (Å²) >= 11 is 1.48. The van der Waals surface area contributed by atoms with Crippen molar-refractivity contribution in [2.24, 2.45) is 0 Å². The molecule has 3 aromatic rings. The van der Waals surface area contributed by atoms with Gasteiger partial charge in [-0.2, -0.15) is 0 Å². The second kappa shape index (κ2) is 3.60. The van der Waals surface area contributed by atoms with Crippen LogP contribution in [0.1, 0.15) is 11.3 Å². The van der Waals surface area contributed by atoms with Gasteiger partial charge in [0.2, 0.25) is 0 Å². The first kappa shape index (κ1) is 10.4. The molecule has 3 N–H and O–H groups in total. The zero-order valence-electron chi connectivity index (χ0n) is 9.74. The maximum Gasteiger partial charge on any atom is 0.180 e. The summed E-state index contributed by atoms with van der Waals surface area (Å²) in [6.07, 6.45) is 0. The monoisotopic (exact) mass is 243 g/mol. The largest absolute Gasteiger partial charge is 0.375 e. The normalized spacial score (nSPS) is 11.2. The van der Waals surface area contributed by atoms with Gasteiger partial charge in [-0.3, -0.25) is 0 Å². The van der Waals surface area contributed by atoms with Crippen LogP contribution >= 0.6 is 11.3 Å². The highest BCUT2D eigenvalue weighted by molar-refractivity contribution is 7.13. The number of benzene rings is 1. The standard InChI is InChI=1S/C13H13N3S/c1-7-3-4-10-9(5-7)12(8(2)15-10)11-6-17-13(14)16-11/h3-6,15H,1-2H3,(H2,14,16). The molecule has 2 aromatic heterocycles. The lowest BCUT2D eigenvalue weighted by Crippen LogP contribution is -1.84. The smallest absolute Gasteiger partial charge is 0.180 e. The van der Waals surface area contributed by atoms with Crippen LogP contribution in [-0.4, -0.2) is 9.97 Å². The number of hydrogen-bond donors (Lipinski definition) is 2. The highest BCUT2D eigenvalue weighted by atomic mass is 32.1. The van der Waals surface area contributed by atoms with E-state index >= 15 is 0 Å². The number of nitrogens with two attached hydrogens (primary N) is 1. The van der Waals surface area contributed by atoms with Gasteiger partial charge in [-0.25, -0.2) is 4.98 Å². The van der Waals surface area contributed by atoms with Gasteiger partial charge in [0.25, 0.3) is 0 Å². The first-order chi connectivity index (χ1) is 8.15. The first-order valence-electron chi connectivity index (χ1n) is 5.45. The Labute approximate surface area is 103 Å². The van der Waals surface area contributed by atoms with Crippen molar-refractivity contribution in [2.45, 2.75) is 13.8 Å². The molecule has 0 saturated heterocycles. The number of rotatable bonds is 1. The highest BCUT2D eigenvalue weighted by Crippen LogP contribution is 2.33. The summed E-state index contributed by atoms with van der Waals surface area (Å²) in [6, 6.07) is 6.40. The average molecular weight is 243 g/mol. The van der Waals surface area contributed by atoms with Gasteiger partial charge in [-0.05, 0) is 26.0 Å². The third-order valence-electron chi connectivity index (χ3n) is 2.92. The van der Waals surface area contributed by atoms with Crippen molar-refractivity contribution in [1.29, 1.82) is 0 Å². The van der Waals surface area contributed by atoms with Gasteiger partial charge in [0.1, 0.15) is 0 Å². The topological polar surface area (TPSA) is 54.7 Å². The molecule has 0 aliphatic heterocycles. The van der Waals surface area contributed by atoms with Crippen molar-refractivity contribution >= 4 is 27.4 Å². The van der Waals surface area contributed by atoms with Crippen LogP contribution in [0.2, 0.25) is 0 Å². The number of aromatic amines is 1. The number of thiazole rings is 1. The van der Waals surface area contributed by atoms with Gasteiger partial charge in [0.05, 0.1) is 5.69 Å². The van der Waals surface area contributed by atoms with E-state index in [1.54, 1.807) is 0 Å². The third kappa shape index (κ3) is 1.61. The van der Waals surface area contributed by atoms with E-state index in [9.17, 15) is 0 Å². The third-order valence-corrected chi connectivity index (χ3v) is 3.59. The summed E-state index contributed by atoms with van der Waals surface area (Å²) < 4.78 is 0. The molecule has 0 aliphatic rings. The van der Waals surface area contributed by atoms with Gasteiger partial charge in [-0.15, -0.1) is 11.3 Å². The Morgan fingerprint density at radius 1 is 1.29 bits per heavy atom. The van der Waals surface area contributed by atoms with Gasteiger partial charge >= 0.3 is 0 Å². The molecule has 0 aliphatic carbocycles. The van der Waals surface area contributed by atoms with Crippen molar-refractivity contribution in [3.8, 4) is 11.3 Å². The van der Waals surface area contributed by atoms with E-state index < -0.39 is 0 Å². The minimum atomic E-state index is 0.612. The van der Waals surface area contributed by atoms with E-state index in [1.807, 2.05) is 5.38 Å². The lowest BCUT2D eigenvalue weighted by Gasteiger charge is -1.97. The predicted octanol–water partition coefficient (Wildman–Crippen LogP) is 3.49. The molecule has 0 saturated carbocycles. The van der Waals surface area contributed by atoms with Crippen LogP contribution in [0.25, 0.3) is 22.2 Å². The van der Waals surface area contributed by atoms with E-state index in [1.165, 1.54) is 22.3 Å². The minimum Gasteiger partial charge on any atom is -0.375 e. The maximum atomic E-state index is 5.71. The quantitative estimate of drug-likeness (QED) is 0.687. The zero-order chi connectivity index (χ0) is 12.0. The number of hydrogen-bond acceptors (Lipinski definition) is 3. The Morgan fingerprint density at radius 2 is 2.12 bits per heavy atom. The Bertz CT molecular complexity index is 694. The van der Waals surface area contributed by atoms with Crippen LogP contribution in [0.15, 0.2) is 23.6 Å². The summed E-state index contributed by atoms with van der Waals surface area (Å²) in [5.41, 5.74) is 11.4. The summed E-state index contributed by atoms with van der Waals surface area (Å²) in [7, 11) is 0. The first-order valence-corrected chi connectivity index (χ1v) is 6.33. The van der Waals surface area contributed by atoms with Crippen LogP contribution in [0.3, 0.4) is 0 Å². The van der Waals surface area contributed by atoms with E-state index in [-0.39, 0.29) is 0 Å². The fourth-order valence-electron chi connectivity index (χ4n) is 2.17. The van der Waals surface area contributed by atoms with Crippen molar-refractivity contribution in [3.63, 3.8) is 0 Å². The summed E-state index contributed by atoms with van der Waals surface area (Å²) in [4.78, 5) is 7.76. The molecule has 4 heteroatoms. The zero-order valence-corrected chi connectivity index (χ0v) is 10.6. The molecule has 0 radical (unpaired) electrons. The fraction of sp³-hybridized carbons (Fsp3) is 0.154. The van der Waals surface area contributed by atoms with Crippen LogP contribution in [0.4, 0.5) is 5.13 Å². The van der Waals surface area contributed by atoms with Crippen LogP contribution < -0.4 is 5.73 Å². The van der Waals surface area contributed by atoms with E-state index in [4.69, 9.17) is 5.73 Å². The minimum absolute atomic E-state index is 0.612. The predicted molar refractivity (Wildman–Crippen MR) is 73.3 cm³/mol. The molecule has 0 bridgehead atoms. The number of fused-ring (bicyclic) bond motifs is 1. The molecule has 0 spiro atoms. The maximum absolute atomic E-state index is 5.71. The van der Waals surface area contributed by atoms with Gasteiger partial charge in [0, 0.05) is 27.5 Å². The molecule has 2 heterocycles. The fourth-order valence-corrected chi connectivity index (χ4v) is 2.73. The van der Waals surface area contributed by atoms with Crippen LogP contribution in [-0.2, 0) is 0 Å². The molecule has 0 unspecified atom stereocenters. The van der Waals surface area contributed by atoms with Gasteiger partial charge in [0.15, 0.2) is 5.13 Å². The lowest BCUT2D eigenvalue weighted by atomic mass is 10.1. The molecule has 1 aromatic carbocycles. The Hall–Kier alpha value is -1.81. The van der Waals surface area contributed by atoms with Crippen molar-refractivity contribution in [3.05, 3.63) is 34.8 Å². The molecule has 0 fully saturated rings. The number of anilines is 1. The Balaban J connectivity index is 2.34. The number of nitrogen functional groups attached to an aromatic ring is 1. The molecular formula is C13H13N3S. The second-order valence-corrected chi connectivity index (χ2v) is 5.13. The van der Waals surface area contributed by atoms with E-state index in [0.29, 0.717) is 5.13 Å². The molecule has 86 valence electrons. The van der Waals surface area contributed by atoms with Crippen LogP contribution in [0, 0.1) is 13.8 Å². The van der Waals surface area contributed by atoms with Crippen LogP contribution in [0.5, 0.6) is 0 Å². The van der Waals surface area contributed by atoms with Crippen molar-refractivity contribution in [2.75, 3.05) is 5.73 Å². The molecule has 3 rings (SSSR count). The Kier molecular flexibility index (Phi) is 2.19. The van der Waals surface area contributed by atoms with Gasteiger partial charge in [-0.1, -0.05) is 11.6 Å². The number of aromatic nitrogens is 2. The summed E-state index contributed by atoms with van der Waals surface area (Å²) in [5, 5.41) is 3.84. The van der Waals surface area contributed by atoms with Crippen molar-refractivity contribution in [1.82, 2.24) is 9.97 Å². The van der Waals surface area contributed by atoms with E-state index in [0.717, 1.165) is 22.5 Å².